The molecule has 16 heteroatoms. The van der Waals surface area contributed by atoms with Crippen LogP contribution in [0.25, 0.3) is 0 Å². The molecular weight excluding hydrogens is 1440 g/mol. The molecule has 2 N–H and O–H groups in total. The number of benzene rings is 4. The first-order valence-corrected chi connectivity index (χ1v) is 45.8. The highest BCUT2D eigenvalue weighted by atomic mass is 32.2. The molecule has 3 aliphatic heterocycles. The molecule has 14 nitrogen and oxygen atoms in total. The van der Waals surface area contributed by atoms with Gasteiger partial charge < -0.3 is 28.8 Å². The summed E-state index contributed by atoms with van der Waals surface area (Å²) in [6.07, 6.45) is 17.3. The summed E-state index contributed by atoms with van der Waals surface area (Å²) in [5.74, 6) is 3.45. The first-order valence-electron chi connectivity index (χ1n) is 42.9. The lowest BCUT2D eigenvalue weighted by molar-refractivity contribution is -0.252. The summed E-state index contributed by atoms with van der Waals surface area (Å²) < 4.78 is 87.5. The zero-order valence-electron chi connectivity index (χ0n) is 71.6. The first-order chi connectivity index (χ1) is 52.4. The molecule has 0 radical (unpaired) electrons. The van der Waals surface area contributed by atoms with Gasteiger partial charge in [0, 0.05) is 33.7 Å². The van der Waals surface area contributed by atoms with Crippen LogP contribution in [0, 0.1) is 125 Å². The maximum atomic E-state index is 14.8. The molecule has 4 bridgehead atoms. The normalized spacial score (nSPS) is 40.1. The SMILES string of the molecule is CC(C)[C@@H](C)[C@@]1(C)CC[C@]2(C)[C@H]3CC[C@@H]4[C@@]5(COC[C@]4(C)[C@@H](O)[C@H](C)C5)C3=CC[C@@]2(C)[C@@H]1C(=O)OCc1ccccc1.CC(C)[C@@H](C)[C@@]1(C)CC[C@]2(C)[C@H]3CC[C@@H]4[C@@]5(COC[C@]4(C)[C@@H](OCC(C)(C)NS(=O)(=O)c4ccccc4)[C@H](C)C5)C3=CC[C@@]2(C)[C@@H]1C(=O)OCc1ccccc1.CC1(C)CN1S(=O)(=O)c1ccccc1. The fourth-order valence-electron chi connectivity index (χ4n) is 26.8. The van der Waals surface area contributed by atoms with Gasteiger partial charge in [0.2, 0.25) is 20.0 Å². The van der Waals surface area contributed by atoms with E-state index in [1.807, 2.05) is 100 Å². The van der Waals surface area contributed by atoms with Gasteiger partial charge in [-0.05, 0) is 232 Å². The van der Waals surface area contributed by atoms with Crippen molar-refractivity contribution in [1.29, 1.82) is 0 Å². The predicted octanol–water partition coefficient (Wildman–Crippen LogP) is 19.7. The fourth-order valence-corrected chi connectivity index (χ4v) is 30.1. The Morgan fingerprint density at radius 1 is 0.536 bits per heavy atom. The fraction of sp³-hybridized carbons (Fsp3) is 0.688. The van der Waals surface area contributed by atoms with Gasteiger partial charge in [-0.25, -0.2) is 21.6 Å². The van der Waals surface area contributed by atoms with E-state index in [9.17, 15) is 31.5 Å². The lowest BCUT2D eigenvalue weighted by Crippen LogP contribution is -2.69. The van der Waals surface area contributed by atoms with Gasteiger partial charge in [0.05, 0.1) is 72.4 Å². The van der Waals surface area contributed by atoms with E-state index in [0.29, 0.717) is 85.2 Å². The van der Waals surface area contributed by atoms with E-state index < -0.39 is 25.6 Å². The standard InChI is InChI=1S/C48H69NO6S.C38H56O4.C10H13NO2S/c1-32(2)34(4)44(7)25-26-46(9)37-21-22-39-45(8)30-53-31-48(39,38(37)23-24-47(46,10)40(44)42(50)54-28-35-17-13-11-14-18-35)27-33(3)41(45)55-29-43(5,6)49-56(51,52)36-19-15-12-16-20-36;1-24(2)26(4)34(5)18-19-36(7)28-14-15-30-35(6)22-41-23-38(30,20-25(3)32(35)39)29(28)16-17-37(36,8)31(34)33(40)42-21-27-12-10-9-11-13-27;1-10(2)8-11(10)14(12,13)9-6-4-3-5-7-9/h11-20,23,32-34,37,39-41,49H,21-22,24-31H2,1-10H3;9-13,16,24-26,28,30-32,39H,14-15,17-23H2,1-8H3;3-7H,8H2,1-2H3/t33-,34-,37+,39+,40-,41+,44-,45+,46-,47+,48+;25-,26-,28+,30+,31-,32+,34-,35+,36-,37+,38+;/m11./s1. The summed E-state index contributed by atoms with van der Waals surface area (Å²) in [5.41, 5.74) is 2.91. The number of hydrogen-bond acceptors (Lipinski definition) is 12. The number of carbonyl (C=O) groups excluding carboxylic acids is 2. The van der Waals surface area contributed by atoms with E-state index in [0.717, 1.165) is 101 Å². The molecule has 8 aliphatic carbocycles. The summed E-state index contributed by atoms with van der Waals surface area (Å²) >= 11 is 0. The Hall–Kier alpha value is -5.04. The lowest BCUT2D eigenvalue weighted by atomic mass is 9.34. The number of ether oxygens (including phenoxy) is 5. The van der Waals surface area contributed by atoms with E-state index in [1.54, 1.807) is 59.7 Å². The molecule has 0 spiro atoms. The zero-order valence-corrected chi connectivity index (χ0v) is 73.3. The second-order valence-corrected chi connectivity index (χ2v) is 45.2. The third-order valence-corrected chi connectivity index (χ3v) is 37.5. The van der Waals surface area contributed by atoms with Gasteiger partial charge in [-0.1, -0.05) is 231 Å². The topological polar surface area (TPSA) is 184 Å². The molecule has 9 fully saturated rings. The first kappa shape index (κ1) is 84.9. The minimum atomic E-state index is -3.70. The predicted molar refractivity (Wildman–Crippen MR) is 444 cm³/mol. The third kappa shape index (κ3) is 14.1. The molecule has 0 amide bonds. The number of aliphatic hydroxyl groups is 1. The molecule has 4 aromatic rings. The van der Waals surface area contributed by atoms with Crippen LogP contribution in [0.1, 0.15) is 227 Å². The van der Waals surface area contributed by atoms with Gasteiger partial charge in [-0.3, -0.25) is 9.59 Å². The highest BCUT2D eigenvalue weighted by Crippen LogP contribution is 2.78. The van der Waals surface area contributed by atoms with E-state index in [-0.39, 0.29) is 119 Å². The van der Waals surface area contributed by atoms with Crippen LogP contribution < -0.4 is 4.72 Å². The number of rotatable bonds is 18. The van der Waals surface area contributed by atoms with Crippen LogP contribution in [-0.2, 0) is 66.5 Å². The average Bonchev–Trinajstić information content (AvgIpc) is 0.845. The molecule has 4 aromatic carbocycles. The van der Waals surface area contributed by atoms with Crippen molar-refractivity contribution in [3.8, 4) is 0 Å². The molecule has 6 saturated carbocycles. The van der Waals surface area contributed by atoms with Crippen molar-refractivity contribution in [1.82, 2.24) is 9.03 Å². The third-order valence-electron chi connectivity index (χ3n) is 33.7. The number of esters is 2. The molecule has 0 aromatic heterocycles. The smallest absolute Gasteiger partial charge is 0.310 e. The minimum Gasteiger partial charge on any atom is -0.461 e. The highest BCUT2D eigenvalue weighted by Gasteiger charge is 2.74. The lowest BCUT2D eigenvalue weighted by Gasteiger charge is -2.71. The molecular formula is C96H138N2O12S2. The highest BCUT2D eigenvalue weighted by molar-refractivity contribution is 7.89. The number of hydrogen-bond donors (Lipinski definition) is 2. The Labute approximate surface area is 674 Å². The van der Waals surface area contributed by atoms with Crippen LogP contribution >= 0.6 is 0 Å². The number of nitrogens with one attached hydrogen (secondary N) is 1. The Balaban J connectivity index is 0.000000171. The molecule has 112 heavy (non-hydrogen) atoms. The minimum absolute atomic E-state index is 0.00338. The molecule has 1 unspecified atom stereocenters. The van der Waals surface area contributed by atoms with Crippen LogP contribution in [0.3, 0.4) is 0 Å². The zero-order chi connectivity index (χ0) is 81.2. The van der Waals surface area contributed by atoms with Crippen LogP contribution in [0.5, 0.6) is 0 Å². The van der Waals surface area contributed by atoms with Gasteiger partial charge in [0.15, 0.2) is 0 Å². The van der Waals surface area contributed by atoms with Crippen molar-refractivity contribution in [2.24, 2.45) is 125 Å². The van der Waals surface area contributed by atoms with Crippen molar-refractivity contribution in [2.45, 2.75) is 262 Å². The van der Waals surface area contributed by atoms with E-state index >= 15 is 0 Å². The molecule has 11 aliphatic rings. The second-order valence-electron chi connectivity index (χ2n) is 41.7. The largest absolute Gasteiger partial charge is 0.461 e. The number of nitrogens with zero attached hydrogens (tertiary/aromatic N) is 1. The number of allylic oxidation sites excluding steroid dienone is 2. The Kier molecular flexibility index (Phi) is 23.0. The Bertz CT molecular complexity index is 4360. The summed E-state index contributed by atoms with van der Waals surface area (Å²) in [6.45, 7) is 50.0. The van der Waals surface area contributed by atoms with Crippen LogP contribution in [0.15, 0.2) is 154 Å². The molecule has 23 atom stereocenters. The van der Waals surface area contributed by atoms with Gasteiger partial charge in [0.25, 0.3) is 0 Å². The Morgan fingerprint density at radius 3 is 1.35 bits per heavy atom. The second kappa shape index (κ2) is 30.4. The monoisotopic (exact) mass is 1570 g/mol. The number of carbonyl (C=O) groups is 2. The summed E-state index contributed by atoms with van der Waals surface area (Å²) in [4.78, 5) is 29.9. The van der Waals surface area contributed by atoms with Gasteiger partial charge in [-0.2, -0.15) is 4.31 Å². The van der Waals surface area contributed by atoms with E-state index in [2.05, 4.69) is 128 Å². The van der Waals surface area contributed by atoms with Crippen molar-refractivity contribution in [2.75, 3.05) is 39.6 Å². The van der Waals surface area contributed by atoms with E-state index in [4.69, 9.17) is 23.7 Å². The van der Waals surface area contributed by atoms with Crippen molar-refractivity contribution in [3.05, 3.63) is 156 Å². The quantitative estimate of drug-likeness (QED) is 0.0547. The maximum Gasteiger partial charge on any atom is 0.310 e. The van der Waals surface area contributed by atoms with Crippen molar-refractivity contribution < 1.29 is 55.2 Å². The maximum absolute atomic E-state index is 14.8. The van der Waals surface area contributed by atoms with Gasteiger partial charge >= 0.3 is 11.9 Å². The Morgan fingerprint density at radius 2 is 0.929 bits per heavy atom. The summed E-state index contributed by atoms with van der Waals surface area (Å²) in [7, 11) is -6.94. The number of fused-ring (bicyclic) bond motifs is 6. The molecule has 616 valence electrons. The molecule has 15 rings (SSSR count). The van der Waals surface area contributed by atoms with Crippen LogP contribution in [0.4, 0.5) is 0 Å². The van der Waals surface area contributed by atoms with Gasteiger partial charge in [-0.15, -0.1) is 0 Å². The van der Waals surface area contributed by atoms with Crippen molar-refractivity contribution >= 4 is 32.0 Å². The summed E-state index contributed by atoms with van der Waals surface area (Å²) in [5, 5.41) is 11.4. The van der Waals surface area contributed by atoms with Crippen molar-refractivity contribution in [3.63, 3.8) is 0 Å². The van der Waals surface area contributed by atoms with Crippen LogP contribution in [-0.4, -0.2) is 101 Å². The number of aliphatic hydroxyl groups excluding tert-OH is 1. The van der Waals surface area contributed by atoms with Gasteiger partial charge in [0.1, 0.15) is 13.2 Å². The summed E-state index contributed by atoms with van der Waals surface area (Å²) in [6, 6.07) is 37.3. The van der Waals surface area contributed by atoms with Crippen LogP contribution in [0.2, 0.25) is 0 Å². The molecule has 3 saturated heterocycles. The average molecular weight is 1580 g/mol. The number of sulfonamides is 2. The van der Waals surface area contributed by atoms with E-state index in [1.165, 1.54) is 4.31 Å². The molecule has 3 heterocycles.